The van der Waals surface area contributed by atoms with Gasteiger partial charge in [0.25, 0.3) is 0 Å². The van der Waals surface area contributed by atoms with Crippen LogP contribution in [-0.2, 0) is 11.2 Å². The number of ether oxygens (including phenoxy) is 1. The Kier molecular flexibility index (Phi) is 3.13. The van der Waals surface area contributed by atoms with Gasteiger partial charge in [-0.3, -0.25) is 4.79 Å². The molecule has 104 valence electrons. The van der Waals surface area contributed by atoms with Crippen LogP contribution >= 0.6 is 0 Å². The topological polar surface area (TPSA) is 38.3 Å². The number of carbonyl (C=O) groups is 1. The Balaban J connectivity index is 2.07. The van der Waals surface area contributed by atoms with Crippen LogP contribution in [-0.4, -0.2) is 18.6 Å². The molecule has 1 N–H and O–H groups in total. The summed E-state index contributed by atoms with van der Waals surface area (Å²) < 4.78 is 5.52. The van der Waals surface area contributed by atoms with Crippen molar-refractivity contribution in [1.29, 1.82) is 0 Å². The molecule has 3 rings (SSSR count). The first kappa shape index (κ1) is 13.0. The Bertz CT molecular complexity index is 665. The Morgan fingerprint density at radius 2 is 2.05 bits per heavy atom. The number of nitrogens with one attached hydrogen (secondary N) is 1. The Labute approximate surface area is 118 Å². The lowest BCUT2D eigenvalue weighted by molar-refractivity contribution is -0.119. The summed E-state index contributed by atoms with van der Waals surface area (Å²) in [5.74, 6) is 1.04. The number of carbonyl (C=O) groups excluding carboxylic acids is 1. The number of amides is 1. The molecule has 1 amide bonds. The van der Waals surface area contributed by atoms with Crippen molar-refractivity contribution in [3.63, 3.8) is 0 Å². The van der Waals surface area contributed by atoms with Gasteiger partial charge in [-0.25, -0.2) is 0 Å². The second-order valence-electron chi connectivity index (χ2n) is 5.75. The quantitative estimate of drug-likeness (QED) is 0.930. The van der Waals surface area contributed by atoms with Crippen LogP contribution in [0.5, 0.6) is 5.75 Å². The summed E-state index contributed by atoms with van der Waals surface area (Å²) in [6, 6.07) is 12.4. The maximum absolute atomic E-state index is 11.5. The van der Waals surface area contributed by atoms with E-state index in [0.717, 1.165) is 18.6 Å². The van der Waals surface area contributed by atoms with Crippen molar-refractivity contribution in [3.8, 4) is 5.75 Å². The first-order valence-corrected chi connectivity index (χ1v) is 6.97. The minimum Gasteiger partial charge on any atom is -0.496 e. The largest absolute Gasteiger partial charge is 0.496 e. The van der Waals surface area contributed by atoms with Crippen molar-refractivity contribution in [2.24, 2.45) is 0 Å². The minimum atomic E-state index is -0.172. The van der Waals surface area contributed by atoms with E-state index in [1.807, 2.05) is 18.2 Å². The van der Waals surface area contributed by atoms with Crippen molar-refractivity contribution >= 4 is 16.7 Å². The SMILES string of the molecule is COc1ccc2ccccc2c1CC1(C)CCC(=O)N1. The molecule has 0 radical (unpaired) electrons. The molecule has 1 atom stereocenters. The van der Waals surface area contributed by atoms with Crippen LogP contribution in [0.15, 0.2) is 36.4 Å². The second kappa shape index (κ2) is 4.82. The Morgan fingerprint density at radius 1 is 1.25 bits per heavy atom. The molecule has 0 aromatic heterocycles. The average molecular weight is 269 g/mol. The summed E-state index contributed by atoms with van der Waals surface area (Å²) in [7, 11) is 1.70. The Morgan fingerprint density at radius 3 is 2.75 bits per heavy atom. The average Bonchev–Trinajstić information content (AvgIpc) is 2.79. The number of hydrogen-bond donors (Lipinski definition) is 1. The number of fused-ring (bicyclic) bond motifs is 1. The van der Waals surface area contributed by atoms with Crippen LogP contribution in [0.25, 0.3) is 10.8 Å². The molecule has 0 aliphatic carbocycles. The van der Waals surface area contributed by atoms with Crippen molar-refractivity contribution in [2.75, 3.05) is 7.11 Å². The summed E-state index contributed by atoms with van der Waals surface area (Å²) in [6.45, 7) is 2.11. The standard InChI is InChI=1S/C17H19NO2/c1-17(10-9-16(19)18-17)11-14-13-6-4-3-5-12(13)7-8-15(14)20-2/h3-8H,9-11H2,1-2H3,(H,18,19). The second-order valence-corrected chi connectivity index (χ2v) is 5.75. The third kappa shape index (κ3) is 2.24. The van der Waals surface area contributed by atoms with E-state index in [9.17, 15) is 4.79 Å². The molecule has 2 aromatic rings. The first-order chi connectivity index (χ1) is 9.61. The summed E-state index contributed by atoms with van der Waals surface area (Å²) in [5, 5.41) is 5.51. The Hall–Kier alpha value is -2.03. The number of rotatable bonds is 3. The molecule has 2 aromatic carbocycles. The molecular formula is C17H19NO2. The zero-order chi connectivity index (χ0) is 14.2. The van der Waals surface area contributed by atoms with Crippen LogP contribution in [0.4, 0.5) is 0 Å². The van der Waals surface area contributed by atoms with Crippen LogP contribution in [0.3, 0.4) is 0 Å². The first-order valence-electron chi connectivity index (χ1n) is 6.97. The van der Waals surface area contributed by atoms with Crippen LogP contribution in [0, 0.1) is 0 Å². The highest BCUT2D eigenvalue weighted by atomic mass is 16.5. The minimum absolute atomic E-state index is 0.145. The van der Waals surface area contributed by atoms with E-state index in [-0.39, 0.29) is 11.4 Å². The van der Waals surface area contributed by atoms with E-state index in [2.05, 4.69) is 30.4 Å². The molecule has 1 heterocycles. The molecule has 1 saturated heterocycles. The van der Waals surface area contributed by atoms with Gasteiger partial charge in [0, 0.05) is 17.5 Å². The summed E-state index contributed by atoms with van der Waals surface area (Å²) >= 11 is 0. The fourth-order valence-electron chi connectivity index (χ4n) is 3.06. The molecule has 20 heavy (non-hydrogen) atoms. The van der Waals surface area contributed by atoms with Gasteiger partial charge in [-0.05, 0) is 36.6 Å². The number of benzene rings is 2. The van der Waals surface area contributed by atoms with Crippen LogP contribution in [0.2, 0.25) is 0 Å². The van der Waals surface area contributed by atoms with Gasteiger partial charge in [-0.1, -0.05) is 30.3 Å². The van der Waals surface area contributed by atoms with Crippen molar-refractivity contribution in [1.82, 2.24) is 5.32 Å². The maximum Gasteiger partial charge on any atom is 0.220 e. The van der Waals surface area contributed by atoms with Gasteiger partial charge in [0.1, 0.15) is 5.75 Å². The van der Waals surface area contributed by atoms with Crippen molar-refractivity contribution in [3.05, 3.63) is 42.0 Å². The van der Waals surface area contributed by atoms with E-state index < -0.39 is 0 Å². The highest BCUT2D eigenvalue weighted by Gasteiger charge is 2.34. The number of hydrogen-bond acceptors (Lipinski definition) is 2. The molecule has 1 unspecified atom stereocenters. The predicted octanol–water partition coefficient (Wildman–Crippen LogP) is 3.06. The molecule has 0 spiro atoms. The van der Waals surface area contributed by atoms with Gasteiger partial charge in [0.15, 0.2) is 0 Å². The van der Waals surface area contributed by atoms with Gasteiger partial charge >= 0.3 is 0 Å². The maximum atomic E-state index is 11.5. The third-order valence-electron chi connectivity index (χ3n) is 4.13. The van der Waals surface area contributed by atoms with Crippen LogP contribution < -0.4 is 10.1 Å². The van der Waals surface area contributed by atoms with Gasteiger partial charge in [-0.15, -0.1) is 0 Å². The molecule has 3 nitrogen and oxygen atoms in total. The normalized spacial score (nSPS) is 22.0. The lowest BCUT2D eigenvalue weighted by atomic mass is 9.88. The van der Waals surface area contributed by atoms with E-state index >= 15 is 0 Å². The summed E-state index contributed by atoms with van der Waals surface area (Å²) in [5.41, 5.74) is 1.00. The monoisotopic (exact) mass is 269 g/mol. The summed E-state index contributed by atoms with van der Waals surface area (Å²) in [6.07, 6.45) is 2.28. The van der Waals surface area contributed by atoms with Gasteiger partial charge in [-0.2, -0.15) is 0 Å². The highest BCUT2D eigenvalue weighted by Crippen LogP contribution is 2.33. The third-order valence-corrected chi connectivity index (χ3v) is 4.13. The molecule has 0 bridgehead atoms. The lowest BCUT2D eigenvalue weighted by Gasteiger charge is -2.26. The fraction of sp³-hybridized carbons (Fsp3) is 0.353. The number of methoxy groups -OCH3 is 1. The molecule has 1 fully saturated rings. The van der Waals surface area contributed by atoms with E-state index in [4.69, 9.17) is 4.74 Å². The smallest absolute Gasteiger partial charge is 0.220 e. The molecule has 1 aliphatic rings. The van der Waals surface area contributed by atoms with Crippen molar-refractivity contribution in [2.45, 2.75) is 31.7 Å². The molecular weight excluding hydrogens is 250 g/mol. The predicted molar refractivity (Wildman–Crippen MR) is 80.0 cm³/mol. The van der Waals surface area contributed by atoms with Gasteiger partial charge in [0.2, 0.25) is 5.91 Å². The van der Waals surface area contributed by atoms with Crippen LogP contribution in [0.1, 0.15) is 25.3 Å². The van der Waals surface area contributed by atoms with E-state index in [1.54, 1.807) is 7.11 Å². The molecule has 0 saturated carbocycles. The van der Waals surface area contributed by atoms with E-state index in [1.165, 1.54) is 16.3 Å². The van der Waals surface area contributed by atoms with Gasteiger partial charge < -0.3 is 10.1 Å². The van der Waals surface area contributed by atoms with E-state index in [0.29, 0.717) is 6.42 Å². The zero-order valence-corrected chi connectivity index (χ0v) is 11.9. The van der Waals surface area contributed by atoms with Gasteiger partial charge in [0.05, 0.1) is 7.11 Å². The highest BCUT2D eigenvalue weighted by molar-refractivity contribution is 5.88. The lowest BCUT2D eigenvalue weighted by Crippen LogP contribution is -2.40. The molecule has 3 heteroatoms. The molecule has 1 aliphatic heterocycles. The fourth-order valence-corrected chi connectivity index (χ4v) is 3.06. The zero-order valence-electron chi connectivity index (χ0n) is 11.9. The summed E-state index contributed by atoms with van der Waals surface area (Å²) in [4.78, 5) is 11.5. The van der Waals surface area contributed by atoms with Crippen molar-refractivity contribution < 1.29 is 9.53 Å².